The molecule has 0 bridgehead atoms. The lowest BCUT2D eigenvalue weighted by molar-refractivity contribution is 0.589. The lowest BCUT2D eigenvalue weighted by Crippen LogP contribution is -2.14. The smallest absolute Gasteiger partial charge is 0.175 e. The second kappa shape index (κ2) is 5.27. The number of hydrogen-bond donors (Lipinski definition) is 1. The van der Waals surface area contributed by atoms with Crippen LogP contribution in [0.15, 0.2) is 18.3 Å². The molecule has 0 aliphatic carbocycles. The van der Waals surface area contributed by atoms with Gasteiger partial charge < -0.3 is 5.73 Å². The van der Waals surface area contributed by atoms with Gasteiger partial charge in [-0.15, -0.1) is 5.10 Å². The number of aromatic nitrogens is 4. The summed E-state index contributed by atoms with van der Waals surface area (Å²) in [6.07, 6.45) is 2.61. The third-order valence-corrected chi connectivity index (χ3v) is 3.17. The summed E-state index contributed by atoms with van der Waals surface area (Å²) in [5, 5.41) is 12.5. The van der Waals surface area contributed by atoms with Crippen LogP contribution in [-0.4, -0.2) is 26.5 Å². The molecule has 2 N–H and O–H groups in total. The highest BCUT2D eigenvalue weighted by atomic mass is 15.3. The van der Waals surface area contributed by atoms with Crippen LogP contribution in [0.25, 0.3) is 5.82 Å². The van der Waals surface area contributed by atoms with Crippen LogP contribution in [0.1, 0.15) is 23.9 Å². The van der Waals surface area contributed by atoms with Crippen molar-refractivity contribution in [1.29, 1.82) is 0 Å². The van der Waals surface area contributed by atoms with Crippen molar-refractivity contribution in [3.05, 3.63) is 35.3 Å². The molecule has 18 heavy (non-hydrogen) atoms. The average Bonchev–Trinajstić information content (AvgIpc) is 2.67. The molecule has 96 valence electrons. The summed E-state index contributed by atoms with van der Waals surface area (Å²) in [6, 6.07) is 3.77. The molecule has 0 aliphatic rings. The van der Waals surface area contributed by atoms with Gasteiger partial charge in [-0.1, -0.05) is 6.92 Å². The van der Waals surface area contributed by atoms with E-state index in [0.29, 0.717) is 12.5 Å². The second-order valence-electron chi connectivity index (χ2n) is 4.69. The normalized spacial score (nSPS) is 12.7. The molecular weight excluding hydrogens is 226 g/mol. The minimum Gasteiger partial charge on any atom is -0.330 e. The van der Waals surface area contributed by atoms with E-state index >= 15 is 0 Å². The van der Waals surface area contributed by atoms with Crippen LogP contribution >= 0.6 is 0 Å². The topological polar surface area (TPSA) is 69.6 Å². The Hall–Kier alpha value is -1.75. The van der Waals surface area contributed by atoms with Crippen LogP contribution < -0.4 is 5.73 Å². The highest BCUT2D eigenvalue weighted by Crippen LogP contribution is 2.19. The quantitative estimate of drug-likeness (QED) is 0.884. The molecular formula is C13H19N5. The van der Waals surface area contributed by atoms with Crippen molar-refractivity contribution in [2.45, 2.75) is 27.2 Å². The van der Waals surface area contributed by atoms with E-state index in [9.17, 15) is 0 Å². The standard InChI is InChI=1S/C13H19N5/c1-9(8-14)7-12-10(2)17-18(11(12)3)13-5-4-6-15-16-13/h4-6,9H,7-8,14H2,1-3H3. The molecule has 2 aromatic rings. The molecule has 0 aliphatic heterocycles. The summed E-state index contributed by atoms with van der Waals surface area (Å²) in [5.41, 5.74) is 9.11. The van der Waals surface area contributed by atoms with Crippen LogP contribution in [0.4, 0.5) is 0 Å². The van der Waals surface area contributed by atoms with Crippen molar-refractivity contribution in [2.24, 2.45) is 11.7 Å². The molecule has 0 aromatic carbocycles. The van der Waals surface area contributed by atoms with Gasteiger partial charge >= 0.3 is 0 Å². The molecule has 2 aromatic heterocycles. The van der Waals surface area contributed by atoms with Crippen molar-refractivity contribution >= 4 is 0 Å². The van der Waals surface area contributed by atoms with E-state index in [1.54, 1.807) is 6.20 Å². The lowest BCUT2D eigenvalue weighted by atomic mass is 10.00. The summed E-state index contributed by atoms with van der Waals surface area (Å²) in [7, 11) is 0. The van der Waals surface area contributed by atoms with Gasteiger partial charge in [0.25, 0.3) is 0 Å². The molecule has 5 heteroatoms. The molecule has 0 saturated heterocycles. The zero-order valence-corrected chi connectivity index (χ0v) is 11.1. The Bertz CT molecular complexity index is 518. The van der Waals surface area contributed by atoms with Crippen LogP contribution in [0.2, 0.25) is 0 Å². The molecule has 0 radical (unpaired) electrons. The van der Waals surface area contributed by atoms with E-state index in [1.807, 2.05) is 23.7 Å². The third kappa shape index (κ3) is 2.41. The van der Waals surface area contributed by atoms with Gasteiger partial charge in [-0.3, -0.25) is 0 Å². The number of nitrogens with zero attached hydrogens (tertiary/aromatic N) is 4. The highest BCUT2D eigenvalue weighted by Gasteiger charge is 2.15. The first kappa shape index (κ1) is 12.7. The Labute approximate surface area is 107 Å². The fraction of sp³-hybridized carbons (Fsp3) is 0.462. The first-order chi connectivity index (χ1) is 8.63. The molecule has 0 spiro atoms. The minimum absolute atomic E-state index is 0.460. The Morgan fingerprint density at radius 3 is 2.78 bits per heavy atom. The third-order valence-electron chi connectivity index (χ3n) is 3.17. The van der Waals surface area contributed by atoms with E-state index in [0.717, 1.165) is 23.6 Å². The minimum atomic E-state index is 0.460. The van der Waals surface area contributed by atoms with Crippen LogP contribution in [0, 0.1) is 19.8 Å². The monoisotopic (exact) mass is 245 g/mol. The maximum Gasteiger partial charge on any atom is 0.175 e. The summed E-state index contributed by atoms with van der Waals surface area (Å²) in [4.78, 5) is 0. The number of aryl methyl sites for hydroxylation is 1. The fourth-order valence-electron chi connectivity index (χ4n) is 2.03. The molecule has 0 saturated carbocycles. The van der Waals surface area contributed by atoms with Gasteiger partial charge in [0.1, 0.15) is 0 Å². The molecule has 1 unspecified atom stereocenters. The van der Waals surface area contributed by atoms with E-state index in [1.165, 1.54) is 5.56 Å². The van der Waals surface area contributed by atoms with E-state index in [-0.39, 0.29) is 0 Å². The van der Waals surface area contributed by atoms with Crippen LogP contribution in [-0.2, 0) is 6.42 Å². The predicted octanol–water partition coefficient (Wildman–Crippen LogP) is 1.42. The maximum absolute atomic E-state index is 5.69. The van der Waals surface area contributed by atoms with Crippen molar-refractivity contribution in [3.63, 3.8) is 0 Å². The maximum atomic E-state index is 5.69. The van der Waals surface area contributed by atoms with Gasteiger partial charge in [-0.2, -0.15) is 10.2 Å². The SMILES string of the molecule is Cc1nn(-c2cccnn2)c(C)c1CC(C)CN. The zero-order valence-electron chi connectivity index (χ0n) is 11.1. The van der Waals surface area contributed by atoms with Gasteiger partial charge in [0, 0.05) is 11.9 Å². The highest BCUT2D eigenvalue weighted by molar-refractivity contribution is 5.31. The van der Waals surface area contributed by atoms with Crippen molar-refractivity contribution < 1.29 is 0 Å². The number of rotatable bonds is 4. The molecule has 0 amide bonds. The number of nitrogens with two attached hydrogens (primary N) is 1. The van der Waals surface area contributed by atoms with Gasteiger partial charge in [0.2, 0.25) is 0 Å². The lowest BCUT2D eigenvalue weighted by Gasteiger charge is -2.08. The Morgan fingerprint density at radius 2 is 2.17 bits per heavy atom. The van der Waals surface area contributed by atoms with E-state index in [2.05, 4.69) is 29.1 Å². The summed E-state index contributed by atoms with van der Waals surface area (Å²) < 4.78 is 1.85. The summed E-state index contributed by atoms with van der Waals surface area (Å²) in [5.74, 6) is 1.21. The molecule has 2 rings (SSSR count). The van der Waals surface area contributed by atoms with Gasteiger partial charge in [0.15, 0.2) is 5.82 Å². The van der Waals surface area contributed by atoms with Gasteiger partial charge in [0.05, 0.1) is 5.69 Å². The van der Waals surface area contributed by atoms with Gasteiger partial charge in [-0.05, 0) is 50.4 Å². The van der Waals surface area contributed by atoms with Crippen molar-refractivity contribution in [1.82, 2.24) is 20.0 Å². The molecule has 0 fully saturated rings. The van der Waals surface area contributed by atoms with E-state index in [4.69, 9.17) is 5.73 Å². The van der Waals surface area contributed by atoms with Crippen molar-refractivity contribution in [2.75, 3.05) is 6.54 Å². The molecule has 5 nitrogen and oxygen atoms in total. The Balaban J connectivity index is 2.38. The molecule has 1 atom stereocenters. The zero-order chi connectivity index (χ0) is 13.1. The van der Waals surface area contributed by atoms with Gasteiger partial charge in [-0.25, -0.2) is 4.68 Å². The average molecular weight is 245 g/mol. The van der Waals surface area contributed by atoms with Crippen LogP contribution in [0.5, 0.6) is 0 Å². The number of hydrogen-bond acceptors (Lipinski definition) is 4. The predicted molar refractivity (Wildman–Crippen MR) is 70.6 cm³/mol. The van der Waals surface area contributed by atoms with Crippen LogP contribution in [0.3, 0.4) is 0 Å². The Morgan fingerprint density at radius 1 is 1.39 bits per heavy atom. The summed E-state index contributed by atoms with van der Waals surface area (Å²) in [6.45, 7) is 6.93. The summed E-state index contributed by atoms with van der Waals surface area (Å²) >= 11 is 0. The second-order valence-corrected chi connectivity index (χ2v) is 4.69. The van der Waals surface area contributed by atoms with E-state index < -0.39 is 0 Å². The first-order valence-electron chi connectivity index (χ1n) is 6.16. The fourth-order valence-corrected chi connectivity index (χ4v) is 2.03. The molecule has 2 heterocycles. The first-order valence-corrected chi connectivity index (χ1v) is 6.16. The Kier molecular flexibility index (Phi) is 3.72. The van der Waals surface area contributed by atoms with Crippen molar-refractivity contribution in [3.8, 4) is 5.82 Å². The largest absolute Gasteiger partial charge is 0.330 e.